The molecule has 0 aliphatic rings. The molecule has 1 rings (SSSR count). The van der Waals surface area contributed by atoms with Crippen molar-refractivity contribution in [1.82, 2.24) is 5.32 Å². The summed E-state index contributed by atoms with van der Waals surface area (Å²) >= 11 is 1.86. The van der Waals surface area contributed by atoms with Crippen LogP contribution < -0.4 is 5.32 Å². The van der Waals surface area contributed by atoms with Crippen LogP contribution in [-0.4, -0.2) is 23.5 Å². The van der Waals surface area contributed by atoms with E-state index >= 15 is 0 Å². The number of hydrogen-bond donors (Lipinski definition) is 2. The first-order chi connectivity index (χ1) is 8.69. The molecule has 0 aliphatic heterocycles. The first-order valence-corrected chi connectivity index (χ1v) is 7.66. The first-order valence-electron chi connectivity index (χ1n) is 6.78. The van der Waals surface area contributed by atoms with Crippen LogP contribution in [0.5, 0.6) is 0 Å². The normalized spacial score (nSPS) is 14.4. The SMILES string of the molecule is CCCNC(C)c1ccccc1SC(C)CCO. The summed E-state index contributed by atoms with van der Waals surface area (Å²) in [5.74, 6) is 0. The van der Waals surface area contributed by atoms with Gasteiger partial charge < -0.3 is 10.4 Å². The molecule has 2 atom stereocenters. The Kier molecular flexibility index (Phi) is 7.40. The van der Waals surface area contributed by atoms with Crippen LogP contribution in [0, 0.1) is 0 Å². The highest BCUT2D eigenvalue weighted by Crippen LogP contribution is 2.31. The fourth-order valence-corrected chi connectivity index (χ4v) is 3.07. The third-order valence-electron chi connectivity index (χ3n) is 2.95. The molecule has 0 saturated carbocycles. The van der Waals surface area contributed by atoms with Crippen LogP contribution in [0.4, 0.5) is 0 Å². The highest BCUT2D eigenvalue weighted by Gasteiger charge is 2.12. The molecule has 2 nitrogen and oxygen atoms in total. The minimum atomic E-state index is 0.264. The Hall–Kier alpha value is -0.510. The lowest BCUT2D eigenvalue weighted by atomic mass is 10.1. The summed E-state index contributed by atoms with van der Waals surface area (Å²) < 4.78 is 0. The van der Waals surface area contributed by atoms with Gasteiger partial charge in [0.25, 0.3) is 0 Å². The molecule has 2 unspecified atom stereocenters. The van der Waals surface area contributed by atoms with Gasteiger partial charge in [0, 0.05) is 22.8 Å². The highest BCUT2D eigenvalue weighted by molar-refractivity contribution is 8.00. The highest BCUT2D eigenvalue weighted by atomic mass is 32.2. The average Bonchev–Trinajstić information content (AvgIpc) is 2.37. The molecule has 0 aromatic heterocycles. The van der Waals surface area contributed by atoms with Crippen molar-refractivity contribution in [1.29, 1.82) is 0 Å². The number of hydrogen-bond acceptors (Lipinski definition) is 3. The van der Waals surface area contributed by atoms with E-state index in [2.05, 4.69) is 50.4 Å². The number of aliphatic hydroxyl groups is 1. The largest absolute Gasteiger partial charge is 0.396 e. The molecule has 102 valence electrons. The van der Waals surface area contributed by atoms with E-state index in [1.54, 1.807) is 0 Å². The molecular formula is C15H25NOS. The van der Waals surface area contributed by atoms with Crippen LogP contribution in [0.25, 0.3) is 0 Å². The second-order valence-corrected chi connectivity index (χ2v) is 6.13. The summed E-state index contributed by atoms with van der Waals surface area (Å²) in [6, 6.07) is 8.94. The second-order valence-electron chi connectivity index (χ2n) is 4.65. The average molecular weight is 267 g/mol. The van der Waals surface area contributed by atoms with Crippen LogP contribution in [0.2, 0.25) is 0 Å². The number of benzene rings is 1. The molecule has 0 aliphatic carbocycles. The van der Waals surface area contributed by atoms with Gasteiger partial charge >= 0.3 is 0 Å². The minimum Gasteiger partial charge on any atom is -0.396 e. The van der Waals surface area contributed by atoms with Crippen LogP contribution in [0.15, 0.2) is 29.2 Å². The quantitative estimate of drug-likeness (QED) is 0.706. The van der Waals surface area contributed by atoms with E-state index in [-0.39, 0.29) is 6.61 Å². The summed E-state index contributed by atoms with van der Waals surface area (Å²) in [4.78, 5) is 1.33. The van der Waals surface area contributed by atoms with E-state index in [1.165, 1.54) is 10.5 Å². The van der Waals surface area contributed by atoms with Gasteiger partial charge in [-0.15, -0.1) is 11.8 Å². The van der Waals surface area contributed by atoms with Gasteiger partial charge in [-0.2, -0.15) is 0 Å². The fourth-order valence-electron chi connectivity index (χ4n) is 1.87. The summed E-state index contributed by atoms with van der Waals surface area (Å²) in [7, 11) is 0. The molecule has 3 heteroatoms. The van der Waals surface area contributed by atoms with Gasteiger partial charge in [-0.3, -0.25) is 0 Å². The van der Waals surface area contributed by atoms with Crippen molar-refractivity contribution in [2.24, 2.45) is 0 Å². The zero-order chi connectivity index (χ0) is 13.4. The van der Waals surface area contributed by atoms with Crippen LogP contribution in [0.3, 0.4) is 0 Å². The third-order valence-corrected chi connectivity index (χ3v) is 4.21. The molecule has 0 amide bonds. The summed E-state index contributed by atoms with van der Waals surface area (Å²) in [6.07, 6.45) is 2.00. The van der Waals surface area contributed by atoms with E-state index in [0.717, 1.165) is 19.4 Å². The predicted molar refractivity (Wildman–Crippen MR) is 80.2 cm³/mol. The minimum absolute atomic E-state index is 0.264. The van der Waals surface area contributed by atoms with Gasteiger partial charge in [-0.1, -0.05) is 32.0 Å². The van der Waals surface area contributed by atoms with Crippen LogP contribution >= 0.6 is 11.8 Å². The second kappa shape index (κ2) is 8.57. The lowest BCUT2D eigenvalue weighted by Gasteiger charge is -2.19. The molecule has 0 radical (unpaired) electrons. The fraction of sp³-hybridized carbons (Fsp3) is 0.600. The van der Waals surface area contributed by atoms with Crippen molar-refractivity contribution in [3.05, 3.63) is 29.8 Å². The monoisotopic (exact) mass is 267 g/mol. The van der Waals surface area contributed by atoms with E-state index in [9.17, 15) is 0 Å². The number of aliphatic hydroxyl groups excluding tert-OH is 1. The van der Waals surface area contributed by atoms with Crippen LogP contribution in [0.1, 0.15) is 45.2 Å². The molecule has 1 aromatic carbocycles. The Morgan fingerprint density at radius 1 is 1.28 bits per heavy atom. The maximum Gasteiger partial charge on any atom is 0.0441 e. The van der Waals surface area contributed by atoms with Gasteiger partial charge in [0.15, 0.2) is 0 Å². The van der Waals surface area contributed by atoms with E-state index in [0.29, 0.717) is 11.3 Å². The van der Waals surface area contributed by atoms with Crippen molar-refractivity contribution in [2.75, 3.05) is 13.2 Å². The summed E-state index contributed by atoms with van der Waals surface area (Å²) in [5, 5.41) is 13.0. The van der Waals surface area contributed by atoms with Gasteiger partial charge in [0.05, 0.1) is 0 Å². The molecule has 0 fully saturated rings. The van der Waals surface area contributed by atoms with Gasteiger partial charge in [0.2, 0.25) is 0 Å². The smallest absolute Gasteiger partial charge is 0.0441 e. The summed E-state index contributed by atoms with van der Waals surface area (Å²) in [6.45, 7) is 7.88. The van der Waals surface area contributed by atoms with Crippen molar-refractivity contribution in [3.8, 4) is 0 Å². The Labute approximate surface area is 115 Å². The Bertz CT molecular complexity index is 343. The molecule has 0 spiro atoms. The molecule has 18 heavy (non-hydrogen) atoms. The Morgan fingerprint density at radius 2 is 2.00 bits per heavy atom. The third kappa shape index (κ3) is 5.01. The molecule has 0 saturated heterocycles. The molecule has 0 heterocycles. The maximum absolute atomic E-state index is 8.98. The topological polar surface area (TPSA) is 32.3 Å². The van der Waals surface area contributed by atoms with E-state index in [4.69, 9.17) is 5.11 Å². The zero-order valence-corrected chi connectivity index (χ0v) is 12.5. The van der Waals surface area contributed by atoms with Crippen molar-refractivity contribution in [2.45, 2.75) is 49.8 Å². The van der Waals surface area contributed by atoms with Crippen LogP contribution in [-0.2, 0) is 0 Å². The lowest BCUT2D eigenvalue weighted by Crippen LogP contribution is -2.20. The molecule has 2 N–H and O–H groups in total. The van der Waals surface area contributed by atoms with Crippen molar-refractivity contribution < 1.29 is 5.11 Å². The molecule has 0 bridgehead atoms. The summed E-state index contributed by atoms with van der Waals surface area (Å²) in [5.41, 5.74) is 1.36. The van der Waals surface area contributed by atoms with Gasteiger partial charge in [0.1, 0.15) is 0 Å². The first kappa shape index (κ1) is 15.5. The number of nitrogens with one attached hydrogen (secondary N) is 1. The zero-order valence-electron chi connectivity index (χ0n) is 11.6. The van der Waals surface area contributed by atoms with Gasteiger partial charge in [-0.05, 0) is 37.9 Å². The van der Waals surface area contributed by atoms with E-state index < -0.39 is 0 Å². The van der Waals surface area contributed by atoms with Gasteiger partial charge in [-0.25, -0.2) is 0 Å². The Morgan fingerprint density at radius 3 is 2.67 bits per heavy atom. The molecule has 1 aromatic rings. The number of thioether (sulfide) groups is 1. The lowest BCUT2D eigenvalue weighted by molar-refractivity contribution is 0.289. The van der Waals surface area contributed by atoms with Crippen molar-refractivity contribution in [3.63, 3.8) is 0 Å². The van der Waals surface area contributed by atoms with Crippen molar-refractivity contribution >= 4 is 11.8 Å². The maximum atomic E-state index is 8.98. The standard InChI is InChI=1S/C15H25NOS/c1-4-10-16-13(3)14-7-5-6-8-15(14)18-12(2)9-11-17/h5-8,12-13,16-17H,4,9-11H2,1-3H3. The number of rotatable bonds is 8. The predicted octanol–water partition coefficient (Wildman–Crippen LogP) is 3.61. The van der Waals surface area contributed by atoms with E-state index in [1.807, 2.05) is 11.8 Å². The molecular weight excluding hydrogens is 242 g/mol. The Balaban J connectivity index is 2.72.